The first-order chi connectivity index (χ1) is 9.54. The van der Waals surface area contributed by atoms with Crippen LogP contribution in [0.3, 0.4) is 0 Å². The van der Waals surface area contributed by atoms with Crippen molar-refractivity contribution in [3.05, 3.63) is 23.8 Å². The Morgan fingerprint density at radius 2 is 2.30 bits per heavy atom. The molecule has 0 bridgehead atoms. The maximum Gasteiger partial charge on any atom is 0.221 e. The van der Waals surface area contributed by atoms with Gasteiger partial charge in [-0.05, 0) is 63.4 Å². The Morgan fingerprint density at radius 1 is 1.50 bits per heavy atom. The standard InChI is InChI=1S/C16H25N3O/c1-11-9-15(6-7-16(11)19-13(3)20)18-12(2)10-14-5-4-8-17-14/h6-7,9,12,14,17-18H,4-5,8,10H2,1-3H3,(H,19,20). The fraction of sp³-hybridized carbons (Fsp3) is 0.562. The zero-order chi connectivity index (χ0) is 14.5. The monoisotopic (exact) mass is 275 g/mol. The molecular formula is C16H25N3O. The fourth-order valence-corrected chi connectivity index (χ4v) is 2.81. The highest BCUT2D eigenvalue weighted by Gasteiger charge is 2.16. The summed E-state index contributed by atoms with van der Waals surface area (Å²) in [5.74, 6) is -0.0329. The van der Waals surface area contributed by atoms with E-state index in [4.69, 9.17) is 0 Å². The molecule has 2 rings (SSSR count). The minimum Gasteiger partial charge on any atom is -0.383 e. The van der Waals surface area contributed by atoms with Gasteiger partial charge in [0.1, 0.15) is 0 Å². The lowest BCUT2D eigenvalue weighted by atomic mass is 10.1. The Kier molecular flexibility index (Phi) is 5.01. The molecule has 1 aliphatic rings. The summed E-state index contributed by atoms with van der Waals surface area (Å²) in [4.78, 5) is 11.1. The van der Waals surface area contributed by atoms with Crippen LogP contribution in [0.15, 0.2) is 18.2 Å². The molecule has 0 aromatic heterocycles. The summed E-state index contributed by atoms with van der Waals surface area (Å²) < 4.78 is 0. The molecule has 20 heavy (non-hydrogen) atoms. The number of aryl methyl sites for hydroxylation is 1. The van der Waals surface area contributed by atoms with Crippen molar-refractivity contribution in [3.8, 4) is 0 Å². The quantitative estimate of drug-likeness (QED) is 0.774. The highest BCUT2D eigenvalue weighted by atomic mass is 16.1. The number of carbonyl (C=O) groups excluding carboxylic acids is 1. The Labute approximate surface area is 121 Å². The molecular weight excluding hydrogens is 250 g/mol. The number of nitrogens with one attached hydrogen (secondary N) is 3. The number of benzene rings is 1. The van der Waals surface area contributed by atoms with Crippen LogP contribution >= 0.6 is 0 Å². The average Bonchev–Trinajstić information content (AvgIpc) is 2.85. The predicted octanol–water partition coefficient (Wildman–Crippen LogP) is 2.90. The highest BCUT2D eigenvalue weighted by Crippen LogP contribution is 2.21. The van der Waals surface area contributed by atoms with E-state index in [1.165, 1.54) is 19.8 Å². The van der Waals surface area contributed by atoms with E-state index in [0.29, 0.717) is 12.1 Å². The lowest BCUT2D eigenvalue weighted by Crippen LogP contribution is -2.29. The maximum absolute atomic E-state index is 11.1. The third-order valence-electron chi connectivity index (χ3n) is 3.75. The number of anilines is 2. The minimum absolute atomic E-state index is 0.0329. The molecule has 2 atom stereocenters. The average molecular weight is 275 g/mol. The molecule has 4 nitrogen and oxygen atoms in total. The van der Waals surface area contributed by atoms with Crippen molar-refractivity contribution in [2.75, 3.05) is 17.2 Å². The van der Waals surface area contributed by atoms with Gasteiger partial charge in [-0.2, -0.15) is 0 Å². The first kappa shape index (κ1) is 14.9. The number of rotatable bonds is 5. The summed E-state index contributed by atoms with van der Waals surface area (Å²) in [5, 5.41) is 9.90. The Bertz CT molecular complexity index is 467. The largest absolute Gasteiger partial charge is 0.383 e. The molecule has 2 unspecified atom stereocenters. The second-order valence-electron chi connectivity index (χ2n) is 5.79. The summed E-state index contributed by atoms with van der Waals surface area (Å²) in [5.41, 5.74) is 3.08. The SMILES string of the molecule is CC(=O)Nc1ccc(NC(C)CC2CCCN2)cc1C. The van der Waals surface area contributed by atoms with E-state index < -0.39 is 0 Å². The van der Waals surface area contributed by atoms with Crippen molar-refractivity contribution in [2.24, 2.45) is 0 Å². The van der Waals surface area contributed by atoms with Crippen LogP contribution in [0.1, 0.15) is 38.7 Å². The molecule has 1 saturated heterocycles. The van der Waals surface area contributed by atoms with E-state index in [1.807, 2.05) is 19.1 Å². The van der Waals surface area contributed by atoms with Crippen LogP contribution in [-0.4, -0.2) is 24.5 Å². The second kappa shape index (κ2) is 6.75. The maximum atomic E-state index is 11.1. The minimum atomic E-state index is -0.0329. The van der Waals surface area contributed by atoms with Gasteiger partial charge in [-0.15, -0.1) is 0 Å². The highest BCUT2D eigenvalue weighted by molar-refractivity contribution is 5.89. The number of hydrogen-bond acceptors (Lipinski definition) is 3. The van der Waals surface area contributed by atoms with E-state index in [2.05, 4.69) is 28.9 Å². The Morgan fingerprint density at radius 3 is 2.90 bits per heavy atom. The van der Waals surface area contributed by atoms with Crippen LogP contribution < -0.4 is 16.0 Å². The molecule has 0 saturated carbocycles. The summed E-state index contributed by atoms with van der Waals surface area (Å²) in [6, 6.07) is 7.16. The van der Waals surface area contributed by atoms with Crippen molar-refractivity contribution < 1.29 is 4.79 Å². The van der Waals surface area contributed by atoms with Crippen LogP contribution in [0, 0.1) is 6.92 Å². The summed E-state index contributed by atoms with van der Waals surface area (Å²) in [7, 11) is 0. The predicted molar refractivity (Wildman–Crippen MR) is 84.2 cm³/mol. The van der Waals surface area contributed by atoms with Gasteiger partial charge in [0.05, 0.1) is 0 Å². The van der Waals surface area contributed by atoms with Gasteiger partial charge in [0.25, 0.3) is 0 Å². The molecule has 1 aromatic carbocycles. The van der Waals surface area contributed by atoms with Crippen LogP contribution in [0.2, 0.25) is 0 Å². The van der Waals surface area contributed by atoms with Gasteiger partial charge in [0, 0.05) is 30.4 Å². The first-order valence-corrected chi connectivity index (χ1v) is 7.43. The second-order valence-corrected chi connectivity index (χ2v) is 5.79. The molecule has 0 aliphatic carbocycles. The molecule has 110 valence electrons. The van der Waals surface area contributed by atoms with Crippen molar-refractivity contribution in [2.45, 2.75) is 52.1 Å². The number of hydrogen-bond donors (Lipinski definition) is 3. The zero-order valence-electron chi connectivity index (χ0n) is 12.6. The van der Waals surface area contributed by atoms with Gasteiger partial charge in [0.2, 0.25) is 5.91 Å². The summed E-state index contributed by atoms with van der Waals surface area (Å²) in [6.45, 7) is 6.92. The number of amides is 1. The molecule has 1 amide bonds. The molecule has 1 fully saturated rings. The van der Waals surface area contributed by atoms with Gasteiger partial charge >= 0.3 is 0 Å². The van der Waals surface area contributed by atoms with Gasteiger partial charge in [-0.25, -0.2) is 0 Å². The topological polar surface area (TPSA) is 53.2 Å². The number of carbonyl (C=O) groups is 1. The van der Waals surface area contributed by atoms with E-state index in [1.54, 1.807) is 0 Å². The van der Waals surface area contributed by atoms with Gasteiger partial charge in [-0.3, -0.25) is 4.79 Å². The molecule has 3 N–H and O–H groups in total. The van der Waals surface area contributed by atoms with Crippen LogP contribution in [0.5, 0.6) is 0 Å². The summed E-state index contributed by atoms with van der Waals surface area (Å²) >= 11 is 0. The molecule has 0 radical (unpaired) electrons. The van der Waals surface area contributed by atoms with Gasteiger partial charge in [-0.1, -0.05) is 0 Å². The normalized spacial score (nSPS) is 19.6. The van der Waals surface area contributed by atoms with Crippen molar-refractivity contribution in [1.29, 1.82) is 0 Å². The molecule has 1 aromatic rings. The van der Waals surface area contributed by atoms with Crippen LogP contribution in [0.25, 0.3) is 0 Å². The van der Waals surface area contributed by atoms with Crippen molar-refractivity contribution in [1.82, 2.24) is 5.32 Å². The Balaban J connectivity index is 1.91. The van der Waals surface area contributed by atoms with E-state index in [0.717, 1.165) is 29.9 Å². The van der Waals surface area contributed by atoms with Crippen LogP contribution in [0.4, 0.5) is 11.4 Å². The van der Waals surface area contributed by atoms with Crippen LogP contribution in [-0.2, 0) is 4.79 Å². The summed E-state index contributed by atoms with van der Waals surface area (Å²) in [6.07, 6.45) is 3.72. The smallest absolute Gasteiger partial charge is 0.221 e. The van der Waals surface area contributed by atoms with E-state index in [-0.39, 0.29) is 5.91 Å². The van der Waals surface area contributed by atoms with Crippen molar-refractivity contribution >= 4 is 17.3 Å². The lowest BCUT2D eigenvalue weighted by molar-refractivity contribution is -0.114. The Hall–Kier alpha value is -1.55. The molecule has 0 spiro atoms. The third kappa shape index (κ3) is 4.23. The lowest BCUT2D eigenvalue weighted by Gasteiger charge is -2.20. The fourth-order valence-electron chi connectivity index (χ4n) is 2.81. The van der Waals surface area contributed by atoms with Crippen molar-refractivity contribution in [3.63, 3.8) is 0 Å². The van der Waals surface area contributed by atoms with Gasteiger partial charge < -0.3 is 16.0 Å². The van der Waals surface area contributed by atoms with E-state index >= 15 is 0 Å². The molecule has 4 heteroatoms. The zero-order valence-corrected chi connectivity index (χ0v) is 12.6. The first-order valence-electron chi connectivity index (χ1n) is 7.43. The molecule has 1 aliphatic heterocycles. The van der Waals surface area contributed by atoms with Gasteiger partial charge in [0.15, 0.2) is 0 Å². The molecule has 1 heterocycles. The third-order valence-corrected chi connectivity index (χ3v) is 3.75. The van der Waals surface area contributed by atoms with E-state index in [9.17, 15) is 4.79 Å².